The number of nitrogens with two attached hydrogens (primary N) is 3. The maximum absolute atomic E-state index is 13.1. The highest BCUT2D eigenvalue weighted by Gasteiger charge is 2.82. The zero-order valence-electron chi connectivity index (χ0n) is 14.6. The fraction of sp³-hybridized carbons (Fsp3) is 0.500. The monoisotopic (exact) mass is 417 g/mol. The van der Waals surface area contributed by atoms with Gasteiger partial charge in [0.1, 0.15) is 0 Å². The maximum Gasteiger partial charge on any atom is 0.229 e. The van der Waals surface area contributed by atoms with Crippen LogP contribution in [0.4, 0.5) is 0 Å². The first kappa shape index (κ1) is 17.7. The van der Waals surface area contributed by atoms with Crippen molar-refractivity contribution in [2.45, 2.75) is 31.1 Å². The molecular formula is C20H24BrN3O2. The Morgan fingerprint density at radius 3 is 2.15 bits per heavy atom. The number of carbonyl (C=O) groups is 2. The minimum absolute atomic E-state index is 0.0554. The van der Waals surface area contributed by atoms with E-state index in [1.54, 1.807) is 0 Å². The molecule has 0 heterocycles. The van der Waals surface area contributed by atoms with Crippen molar-refractivity contribution in [1.82, 2.24) is 0 Å². The van der Waals surface area contributed by atoms with E-state index in [0.29, 0.717) is 19.4 Å². The van der Waals surface area contributed by atoms with Crippen molar-refractivity contribution in [3.63, 3.8) is 0 Å². The van der Waals surface area contributed by atoms with E-state index >= 15 is 0 Å². The van der Waals surface area contributed by atoms with Crippen LogP contribution in [0.5, 0.6) is 0 Å². The molecule has 5 nitrogen and oxygen atoms in total. The summed E-state index contributed by atoms with van der Waals surface area (Å²) in [6.45, 7) is 0.443. The molecule has 0 radical (unpaired) electrons. The third-order valence-corrected chi connectivity index (χ3v) is 7.70. The fourth-order valence-electron chi connectivity index (χ4n) is 6.19. The van der Waals surface area contributed by atoms with Gasteiger partial charge in [0.25, 0.3) is 0 Å². The molecular weight excluding hydrogens is 394 g/mol. The van der Waals surface area contributed by atoms with Crippen LogP contribution in [0.15, 0.2) is 40.9 Å². The molecule has 1 aromatic rings. The van der Waals surface area contributed by atoms with Crippen LogP contribution in [0.3, 0.4) is 0 Å². The summed E-state index contributed by atoms with van der Waals surface area (Å²) < 4.78 is 0.910. The highest BCUT2D eigenvalue weighted by Crippen LogP contribution is 2.80. The Bertz CT molecular complexity index is 802. The lowest BCUT2D eigenvalue weighted by Gasteiger charge is -2.48. The number of hydrogen-bond acceptors (Lipinski definition) is 3. The molecule has 1 spiro atoms. The van der Waals surface area contributed by atoms with Crippen molar-refractivity contribution in [3.8, 4) is 0 Å². The summed E-state index contributed by atoms with van der Waals surface area (Å²) in [6, 6.07) is 7.59. The molecule has 2 fully saturated rings. The second-order valence-electron chi connectivity index (χ2n) is 7.98. The van der Waals surface area contributed by atoms with E-state index in [1.165, 1.54) is 0 Å². The molecule has 4 atom stereocenters. The molecule has 0 aliphatic heterocycles. The summed E-state index contributed by atoms with van der Waals surface area (Å²) in [6.07, 6.45) is 7.32. The van der Waals surface area contributed by atoms with E-state index in [0.717, 1.165) is 22.9 Å². The van der Waals surface area contributed by atoms with Crippen molar-refractivity contribution in [2.75, 3.05) is 6.54 Å². The highest BCUT2D eigenvalue weighted by atomic mass is 79.9. The van der Waals surface area contributed by atoms with Crippen molar-refractivity contribution in [1.29, 1.82) is 0 Å². The molecule has 6 heteroatoms. The summed E-state index contributed by atoms with van der Waals surface area (Å²) in [5, 5.41) is 0. The SMILES string of the molecule is NCCC[C@@]1(C(N)=O)[C@@H]2C=C[C@@H](C23CC3)[C@@]1(C(N)=O)c1ccc(Br)cc1. The molecule has 138 valence electrons. The van der Waals surface area contributed by atoms with Crippen LogP contribution in [0.25, 0.3) is 0 Å². The summed E-state index contributed by atoms with van der Waals surface area (Å²) in [5.74, 6) is -1.04. The topological polar surface area (TPSA) is 112 Å². The molecule has 26 heavy (non-hydrogen) atoms. The zero-order chi connectivity index (χ0) is 18.7. The normalized spacial score (nSPS) is 35.8. The van der Waals surface area contributed by atoms with Gasteiger partial charge in [-0.2, -0.15) is 0 Å². The van der Waals surface area contributed by atoms with Crippen molar-refractivity contribution >= 4 is 27.7 Å². The van der Waals surface area contributed by atoms with Crippen LogP contribution in [-0.2, 0) is 15.0 Å². The maximum atomic E-state index is 13.1. The van der Waals surface area contributed by atoms with Gasteiger partial charge >= 0.3 is 0 Å². The van der Waals surface area contributed by atoms with Gasteiger partial charge in [-0.3, -0.25) is 9.59 Å². The molecule has 3 aliphatic rings. The van der Waals surface area contributed by atoms with Gasteiger partial charge in [0.05, 0.1) is 10.8 Å². The summed E-state index contributed by atoms with van der Waals surface area (Å²) in [4.78, 5) is 26.2. The van der Waals surface area contributed by atoms with Crippen LogP contribution in [0, 0.1) is 22.7 Å². The lowest BCUT2D eigenvalue weighted by Crippen LogP contribution is -2.62. The van der Waals surface area contributed by atoms with E-state index in [9.17, 15) is 9.59 Å². The Hall–Kier alpha value is -1.66. The third-order valence-electron chi connectivity index (χ3n) is 7.17. The molecule has 1 aromatic carbocycles. The van der Waals surface area contributed by atoms with Crippen molar-refractivity contribution in [3.05, 3.63) is 46.5 Å². The third kappa shape index (κ3) is 1.84. The Morgan fingerprint density at radius 2 is 1.65 bits per heavy atom. The first-order chi connectivity index (χ1) is 12.4. The second-order valence-corrected chi connectivity index (χ2v) is 8.90. The molecule has 3 aliphatic carbocycles. The van der Waals surface area contributed by atoms with Crippen LogP contribution in [0.2, 0.25) is 0 Å². The van der Waals surface area contributed by atoms with Gasteiger partial charge in [0.2, 0.25) is 11.8 Å². The fourth-order valence-corrected chi connectivity index (χ4v) is 6.45. The van der Waals surface area contributed by atoms with Crippen LogP contribution in [0.1, 0.15) is 31.2 Å². The van der Waals surface area contributed by atoms with Crippen LogP contribution >= 0.6 is 15.9 Å². The number of primary amides is 2. The van der Waals surface area contributed by atoms with Crippen molar-refractivity contribution < 1.29 is 9.59 Å². The van der Waals surface area contributed by atoms with Gasteiger partial charge in [-0.15, -0.1) is 0 Å². The lowest BCUT2D eigenvalue weighted by atomic mass is 9.52. The summed E-state index contributed by atoms with van der Waals surface area (Å²) >= 11 is 3.45. The van der Waals surface area contributed by atoms with Gasteiger partial charge < -0.3 is 17.2 Å². The van der Waals surface area contributed by atoms with E-state index in [1.807, 2.05) is 24.3 Å². The zero-order valence-corrected chi connectivity index (χ0v) is 16.2. The molecule has 0 saturated heterocycles. The molecule has 0 aromatic heterocycles. The van der Waals surface area contributed by atoms with E-state index in [-0.39, 0.29) is 17.3 Å². The Balaban J connectivity index is 2.03. The van der Waals surface area contributed by atoms with Crippen LogP contribution < -0.4 is 17.2 Å². The average Bonchev–Trinajstić information content (AvgIpc) is 3.27. The van der Waals surface area contributed by atoms with Gasteiger partial charge in [0.15, 0.2) is 0 Å². The number of hydrogen-bond donors (Lipinski definition) is 3. The van der Waals surface area contributed by atoms with E-state index < -0.39 is 22.6 Å². The molecule has 2 amide bonds. The highest BCUT2D eigenvalue weighted by molar-refractivity contribution is 9.10. The predicted octanol–water partition coefficient (Wildman–Crippen LogP) is 1.98. The largest absolute Gasteiger partial charge is 0.369 e. The summed E-state index contributed by atoms with van der Waals surface area (Å²) in [5.41, 5.74) is 16.5. The molecule has 2 bridgehead atoms. The number of allylic oxidation sites excluding steroid dienone is 2. The van der Waals surface area contributed by atoms with Gasteiger partial charge in [-0.05, 0) is 61.3 Å². The Morgan fingerprint density at radius 1 is 1.04 bits per heavy atom. The van der Waals surface area contributed by atoms with Gasteiger partial charge in [-0.1, -0.05) is 40.2 Å². The van der Waals surface area contributed by atoms with Crippen LogP contribution in [-0.4, -0.2) is 18.4 Å². The average molecular weight is 418 g/mol. The van der Waals surface area contributed by atoms with Gasteiger partial charge in [-0.25, -0.2) is 0 Å². The Labute approximate surface area is 161 Å². The quantitative estimate of drug-likeness (QED) is 0.614. The standard InChI is InChI=1S/C20H24BrN3O2/c21-13-4-2-12(3-5-13)20(17(24)26)15-7-6-14(18(15)9-10-18)19(20,16(23)25)8-1-11-22/h2-7,14-15H,1,8-11,22H2,(H2,23,25)(H2,24,26)/t14-,15+,19+,20-/m1/s1. The van der Waals surface area contributed by atoms with Gasteiger partial charge in [0, 0.05) is 10.4 Å². The first-order valence-corrected chi connectivity index (χ1v) is 9.91. The van der Waals surface area contributed by atoms with E-state index in [4.69, 9.17) is 17.2 Å². The smallest absolute Gasteiger partial charge is 0.229 e. The molecule has 4 rings (SSSR count). The number of benzene rings is 1. The number of carbonyl (C=O) groups excluding carboxylic acids is 2. The lowest BCUT2D eigenvalue weighted by molar-refractivity contribution is -0.143. The molecule has 6 N–H and O–H groups in total. The minimum atomic E-state index is -1.12. The minimum Gasteiger partial charge on any atom is -0.369 e. The number of amides is 2. The second kappa shape index (κ2) is 5.67. The number of halogens is 1. The number of rotatable bonds is 6. The Kier molecular flexibility index (Phi) is 3.87. The van der Waals surface area contributed by atoms with E-state index in [2.05, 4.69) is 28.1 Å². The summed E-state index contributed by atoms with van der Waals surface area (Å²) in [7, 11) is 0. The molecule has 2 saturated carbocycles. The molecule has 0 unspecified atom stereocenters. The first-order valence-electron chi connectivity index (χ1n) is 9.12. The predicted molar refractivity (Wildman–Crippen MR) is 103 cm³/mol. The van der Waals surface area contributed by atoms with Crippen molar-refractivity contribution in [2.24, 2.45) is 39.9 Å².